The molecule has 2 nitrogen and oxygen atoms in total. The first-order valence-corrected chi connectivity index (χ1v) is 6.95. The van der Waals surface area contributed by atoms with Crippen molar-refractivity contribution in [2.24, 2.45) is 5.41 Å². The molecule has 1 aliphatic heterocycles. The van der Waals surface area contributed by atoms with Crippen molar-refractivity contribution in [3.63, 3.8) is 0 Å². The SMILES string of the molecule is CCC(CC)N(C)CC1NCCCC1(C)C. The van der Waals surface area contributed by atoms with Gasteiger partial charge in [0.15, 0.2) is 0 Å². The maximum Gasteiger partial charge on any atom is 0.0246 e. The van der Waals surface area contributed by atoms with Gasteiger partial charge in [-0.2, -0.15) is 0 Å². The molecule has 16 heavy (non-hydrogen) atoms. The minimum atomic E-state index is 0.457. The van der Waals surface area contributed by atoms with Crippen LogP contribution in [0.4, 0.5) is 0 Å². The van der Waals surface area contributed by atoms with Gasteiger partial charge < -0.3 is 10.2 Å². The molecule has 2 heteroatoms. The predicted molar refractivity (Wildman–Crippen MR) is 71.8 cm³/mol. The van der Waals surface area contributed by atoms with Crippen LogP contribution in [0.5, 0.6) is 0 Å². The molecule has 96 valence electrons. The van der Waals surface area contributed by atoms with Gasteiger partial charge >= 0.3 is 0 Å². The van der Waals surface area contributed by atoms with Crippen LogP contribution >= 0.6 is 0 Å². The third kappa shape index (κ3) is 3.46. The number of nitrogens with one attached hydrogen (secondary N) is 1. The van der Waals surface area contributed by atoms with Gasteiger partial charge in [0.1, 0.15) is 0 Å². The van der Waals surface area contributed by atoms with E-state index in [2.05, 4.69) is 45.0 Å². The second-order valence-corrected chi connectivity index (χ2v) is 6.01. The van der Waals surface area contributed by atoms with E-state index in [4.69, 9.17) is 0 Å². The molecule has 0 saturated carbocycles. The standard InChI is InChI=1S/C14H30N2/c1-6-12(7-2)16(5)11-13-14(3,4)9-8-10-15-13/h12-13,15H,6-11H2,1-5H3. The Kier molecular flexibility index (Phi) is 5.26. The lowest BCUT2D eigenvalue weighted by molar-refractivity contribution is 0.115. The molecule has 1 N–H and O–H groups in total. The Morgan fingerprint density at radius 1 is 1.31 bits per heavy atom. The van der Waals surface area contributed by atoms with Crippen LogP contribution in [0.1, 0.15) is 53.4 Å². The van der Waals surface area contributed by atoms with Crippen molar-refractivity contribution < 1.29 is 0 Å². The van der Waals surface area contributed by atoms with Crippen LogP contribution in [0.25, 0.3) is 0 Å². The highest BCUT2D eigenvalue weighted by atomic mass is 15.2. The molecule has 0 bridgehead atoms. The van der Waals surface area contributed by atoms with Crippen molar-refractivity contribution in [1.29, 1.82) is 0 Å². The third-order valence-corrected chi connectivity index (χ3v) is 4.37. The monoisotopic (exact) mass is 226 g/mol. The molecule has 0 radical (unpaired) electrons. The predicted octanol–water partition coefficient (Wildman–Crippen LogP) is 2.89. The molecule has 1 fully saturated rings. The molecule has 0 aliphatic carbocycles. The average Bonchev–Trinajstić information content (AvgIpc) is 2.23. The zero-order chi connectivity index (χ0) is 12.2. The largest absolute Gasteiger partial charge is 0.312 e. The lowest BCUT2D eigenvalue weighted by atomic mass is 9.77. The Morgan fingerprint density at radius 3 is 2.44 bits per heavy atom. The van der Waals surface area contributed by atoms with E-state index < -0.39 is 0 Å². The molecule has 1 rings (SSSR count). The fourth-order valence-corrected chi connectivity index (χ4v) is 2.93. The van der Waals surface area contributed by atoms with E-state index in [0.29, 0.717) is 11.5 Å². The number of hydrogen-bond donors (Lipinski definition) is 1. The van der Waals surface area contributed by atoms with Gasteiger partial charge in [0.05, 0.1) is 0 Å². The number of piperidine rings is 1. The summed E-state index contributed by atoms with van der Waals surface area (Å²) in [6.07, 6.45) is 5.22. The molecule has 0 spiro atoms. The highest BCUT2D eigenvalue weighted by Gasteiger charge is 2.33. The van der Waals surface area contributed by atoms with E-state index in [-0.39, 0.29) is 0 Å². The highest BCUT2D eigenvalue weighted by molar-refractivity contribution is 4.90. The molecule has 0 aromatic heterocycles. The van der Waals surface area contributed by atoms with Gasteiger partial charge in [0.2, 0.25) is 0 Å². The Bertz CT molecular complexity index is 197. The molecule has 0 amide bonds. The second kappa shape index (κ2) is 6.02. The Hall–Kier alpha value is -0.0800. The zero-order valence-corrected chi connectivity index (χ0v) is 11.8. The summed E-state index contributed by atoms with van der Waals surface area (Å²) in [5.74, 6) is 0. The van der Waals surface area contributed by atoms with Crippen LogP contribution < -0.4 is 5.32 Å². The van der Waals surface area contributed by atoms with Gasteiger partial charge in [-0.25, -0.2) is 0 Å². The first kappa shape index (κ1) is 14.0. The zero-order valence-electron chi connectivity index (χ0n) is 11.8. The average molecular weight is 226 g/mol. The molecular weight excluding hydrogens is 196 g/mol. The molecule has 0 aromatic rings. The molecule has 0 aromatic carbocycles. The van der Waals surface area contributed by atoms with Crippen molar-refractivity contribution in [3.05, 3.63) is 0 Å². The maximum absolute atomic E-state index is 3.70. The number of hydrogen-bond acceptors (Lipinski definition) is 2. The molecule has 1 atom stereocenters. The van der Waals surface area contributed by atoms with E-state index in [1.54, 1.807) is 0 Å². The van der Waals surface area contributed by atoms with Crippen molar-refractivity contribution in [1.82, 2.24) is 10.2 Å². The molecule has 1 unspecified atom stereocenters. The number of rotatable bonds is 5. The van der Waals surface area contributed by atoms with Crippen LogP contribution in [0.15, 0.2) is 0 Å². The van der Waals surface area contributed by atoms with E-state index in [0.717, 1.165) is 6.04 Å². The van der Waals surface area contributed by atoms with Crippen molar-refractivity contribution in [2.45, 2.75) is 65.5 Å². The van der Waals surface area contributed by atoms with E-state index >= 15 is 0 Å². The summed E-state index contributed by atoms with van der Waals surface area (Å²) in [5.41, 5.74) is 0.457. The minimum absolute atomic E-state index is 0.457. The van der Waals surface area contributed by atoms with Crippen molar-refractivity contribution >= 4 is 0 Å². The Morgan fingerprint density at radius 2 is 1.94 bits per heavy atom. The summed E-state index contributed by atoms with van der Waals surface area (Å²) in [6.45, 7) is 11.8. The topological polar surface area (TPSA) is 15.3 Å². The van der Waals surface area contributed by atoms with E-state index in [1.165, 1.54) is 38.8 Å². The summed E-state index contributed by atoms with van der Waals surface area (Å²) in [5, 5.41) is 3.70. The summed E-state index contributed by atoms with van der Waals surface area (Å²) in [6, 6.07) is 1.41. The van der Waals surface area contributed by atoms with Gasteiger partial charge in [-0.3, -0.25) is 0 Å². The normalized spacial score (nSPS) is 25.3. The molecule has 1 heterocycles. The molecule has 1 saturated heterocycles. The van der Waals surface area contributed by atoms with E-state index in [1.807, 2.05) is 0 Å². The van der Waals surface area contributed by atoms with Crippen molar-refractivity contribution in [2.75, 3.05) is 20.1 Å². The smallest absolute Gasteiger partial charge is 0.0246 e. The molecule has 1 aliphatic rings. The lowest BCUT2D eigenvalue weighted by Crippen LogP contribution is -2.53. The second-order valence-electron chi connectivity index (χ2n) is 6.01. The summed E-state index contributed by atoms with van der Waals surface area (Å²) in [4.78, 5) is 2.55. The fraction of sp³-hybridized carbons (Fsp3) is 1.00. The number of likely N-dealkylation sites (N-methyl/N-ethyl adjacent to an activating group) is 1. The first-order valence-electron chi connectivity index (χ1n) is 6.95. The minimum Gasteiger partial charge on any atom is -0.312 e. The van der Waals surface area contributed by atoms with Gasteiger partial charge in [-0.15, -0.1) is 0 Å². The summed E-state index contributed by atoms with van der Waals surface area (Å²) in [7, 11) is 2.28. The van der Waals surface area contributed by atoms with Gasteiger partial charge in [-0.1, -0.05) is 27.7 Å². The van der Waals surface area contributed by atoms with Gasteiger partial charge in [-0.05, 0) is 44.7 Å². The van der Waals surface area contributed by atoms with Crippen LogP contribution in [0.2, 0.25) is 0 Å². The van der Waals surface area contributed by atoms with Crippen LogP contribution in [-0.4, -0.2) is 37.1 Å². The lowest BCUT2D eigenvalue weighted by Gasteiger charge is -2.42. The van der Waals surface area contributed by atoms with Gasteiger partial charge in [0.25, 0.3) is 0 Å². The van der Waals surface area contributed by atoms with Crippen LogP contribution in [0.3, 0.4) is 0 Å². The number of nitrogens with zero attached hydrogens (tertiary/aromatic N) is 1. The summed E-state index contributed by atoms with van der Waals surface area (Å²) >= 11 is 0. The fourth-order valence-electron chi connectivity index (χ4n) is 2.93. The summed E-state index contributed by atoms with van der Waals surface area (Å²) < 4.78 is 0. The quantitative estimate of drug-likeness (QED) is 0.775. The van der Waals surface area contributed by atoms with Crippen LogP contribution in [-0.2, 0) is 0 Å². The highest BCUT2D eigenvalue weighted by Crippen LogP contribution is 2.30. The third-order valence-electron chi connectivity index (χ3n) is 4.37. The maximum atomic E-state index is 3.70. The van der Waals surface area contributed by atoms with Crippen molar-refractivity contribution in [3.8, 4) is 0 Å². The Balaban J connectivity index is 2.51. The molecular formula is C14H30N2. The van der Waals surface area contributed by atoms with Crippen LogP contribution in [0, 0.1) is 5.41 Å². The first-order chi connectivity index (χ1) is 7.51. The van der Waals surface area contributed by atoms with Gasteiger partial charge in [0, 0.05) is 18.6 Å². The van der Waals surface area contributed by atoms with E-state index in [9.17, 15) is 0 Å². The Labute approximate surface area is 102 Å².